The van der Waals surface area contributed by atoms with Crippen molar-refractivity contribution in [3.8, 4) is 0 Å². The van der Waals surface area contributed by atoms with E-state index in [1.54, 1.807) is 0 Å². The van der Waals surface area contributed by atoms with E-state index in [9.17, 15) is 19.9 Å². The van der Waals surface area contributed by atoms with E-state index in [2.05, 4.69) is 28.1 Å². The minimum atomic E-state index is -1.10. The Kier molecular flexibility index (Phi) is 6.21. The first-order chi connectivity index (χ1) is 18.4. The Morgan fingerprint density at radius 1 is 1.00 bits per heavy atom. The number of carboxylic acids is 1. The number of aromatic carboxylic acids is 1. The van der Waals surface area contributed by atoms with E-state index in [4.69, 9.17) is 16.6 Å². The molecule has 2 N–H and O–H groups in total. The fourth-order valence-corrected chi connectivity index (χ4v) is 5.72. The minimum absolute atomic E-state index is 0.0409. The second-order valence-corrected chi connectivity index (χ2v) is 10.2. The van der Waals surface area contributed by atoms with Crippen LogP contribution in [0.1, 0.15) is 51.4 Å². The summed E-state index contributed by atoms with van der Waals surface area (Å²) in [6.07, 6.45) is 5.27. The van der Waals surface area contributed by atoms with Crippen LogP contribution < -0.4 is 5.56 Å². The summed E-state index contributed by atoms with van der Waals surface area (Å²) in [6, 6.07) is 14.3. The van der Waals surface area contributed by atoms with Crippen molar-refractivity contribution in [1.82, 2.24) is 19.6 Å². The number of carboxylic acid groups (broad SMARTS) is 1. The van der Waals surface area contributed by atoms with Gasteiger partial charge in [-0.05, 0) is 78.8 Å². The molecule has 6 rings (SSSR count). The lowest BCUT2D eigenvalue weighted by molar-refractivity contribution is 0.0697. The van der Waals surface area contributed by atoms with Crippen LogP contribution in [0.15, 0.2) is 65.1 Å². The quantitative estimate of drug-likeness (QED) is 0.375. The van der Waals surface area contributed by atoms with E-state index in [1.807, 2.05) is 18.3 Å². The number of rotatable bonds is 3. The second kappa shape index (κ2) is 9.70. The van der Waals surface area contributed by atoms with Crippen LogP contribution in [0.5, 0.6) is 0 Å². The summed E-state index contributed by atoms with van der Waals surface area (Å²) in [5.74, 6) is -0.916. The molecule has 0 bridgehead atoms. The standard InChI is InChI=1S/C29H25ClN4O4/c30-21-6-8-22-19(14-21)4-3-18-2-1-11-31-27(18)26(22)17-9-12-33(13-10-17)16-25-32-24-15-20(29(36)37)5-7-23(24)28(35)34(25)38/h1-2,5-8,11,14-15,38H,3-4,9-10,12-13,16H2,(H,36,37). The molecule has 1 aliphatic carbocycles. The number of piperidine rings is 1. The average Bonchev–Trinajstić information content (AvgIpc) is 3.08. The monoisotopic (exact) mass is 528 g/mol. The zero-order valence-corrected chi connectivity index (χ0v) is 21.3. The van der Waals surface area contributed by atoms with Crippen molar-refractivity contribution in [3.63, 3.8) is 0 Å². The number of likely N-dealkylation sites (tertiary alicyclic amines) is 1. The Bertz CT molecular complexity index is 1680. The molecule has 3 heterocycles. The number of aryl methyl sites for hydroxylation is 2. The van der Waals surface area contributed by atoms with E-state index in [0.29, 0.717) is 17.8 Å². The summed E-state index contributed by atoms with van der Waals surface area (Å²) in [7, 11) is 0. The second-order valence-electron chi connectivity index (χ2n) is 9.75. The zero-order chi connectivity index (χ0) is 26.4. The highest BCUT2D eigenvalue weighted by Gasteiger charge is 2.26. The largest absolute Gasteiger partial charge is 0.478 e. The van der Waals surface area contributed by atoms with Gasteiger partial charge in [0.2, 0.25) is 0 Å². The van der Waals surface area contributed by atoms with Crippen LogP contribution in [0, 0.1) is 0 Å². The van der Waals surface area contributed by atoms with Gasteiger partial charge in [0.25, 0.3) is 5.56 Å². The van der Waals surface area contributed by atoms with Gasteiger partial charge >= 0.3 is 5.97 Å². The molecule has 1 fully saturated rings. The number of hydrogen-bond donors (Lipinski definition) is 2. The van der Waals surface area contributed by atoms with Gasteiger partial charge < -0.3 is 10.3 Å². The molecule has 192 valence electrons. The Morgan fingerprint density at radius 2 is 1.79 bits per heavy atom. The van der Waals surface area contributed by atoms with Gasteiger partial charge in [0, 0.05) is 29.9 Å². The highest BCUT2D eigenvalue weighted by atomic mass is 35.5. The molecule has 1 aliphatic heterocycles. The zero-order valence-electron chi connectivity index (χ0n) is 20.5. The highest BCUT2D eigenvalue weighted by Crippen LogP contribution is 2.38. The Labute approximate surface area is 223 Å². The van der Waals surface area contributed by atoms with Gasteiger partial charge in [-0.1, -0.05) is 29.3 Å². The van der Waals surface area contributed by atoms with Gasteiger partial charge in [-0.25, -0.2) is 9.78 Å². The number of carbonyl (C=O) groups is 1. The summed E-state index contributed by atoms with van der Waals surface area (Å²) in [6.45, 7) is 1.70. The van der Waals surface area contributed by atoms with Gasteiger partial charge in [-0.15, -0.1) is 4.73 Å². The topological polar surface area (TPSA) is 109 Å². The van der Waals surface area contributed by atoms with Gasteiger partial charge in [0.15, 0.2) is 5.82 Å². The lowest BCUT2D eigenvalue weighted by Gasteiger charge is -2.30. The number of aromatic nitrogens is 3. The molecule has 0 radical (unpaired) electrons. The molecule has 8 nitrogen and oxygen atoms in total. The van der Waals surface area contributed by atoms with Crippen LogP contribution in [0.2, 0.25) is 5.02 Å². The number of hydrogen-bond acceptors (Lipinski definition) is 6. The molecule has 0 unspecified atom stereocenters. The van der Waals surface area contributed by atoms with Crippen molar-refractivity contribution in [3.05, 3.63) is 109 Å². The molecule has 2 aromatic heterocycles. The third-order valence-electron chi connectivity index (χ3n) is 7.47. The summed E-state index contributed by atoms with van der Waals surface area (Å²) in [5.41, 5.74) is 6.88. The van der Waals surface area contributed by atoms with Crippen molar-refractivity contribution in [2.45, 2.75) is 32.2 Å². The van der Waals surface area contributed by atoms with Crippen LogP contribution in [0.4, 0.5) is 0 Å². The summed E-state index contributed by atoms with van der Waals surface area (Å²) in [4.78, 5) is 35.4. The first-order valence-electron chi connectivity index (χ1n) is 12.5. The molecule has 9 heteroatoms. The van der Waals surface area contributed by atoms with Crippen LogP contribution >= 0.6 is 11.6 Å². The minimum Gasteiger partial charge on any atom is -0.478 e. The Morgan fingerprint density at radius 3 is 2.58 bits per heavy atom. The van der Waals surface area contributed by atoms with Crippen molar-refractivity contribution in [2.75, 3.05) is 13.1 Å². The van der Waals surface area contributed by atoms with E-state index in [1.165, 1.54) is 46.0 Å². The van der Waals surface area contributed by atoms with E-state index in [0.717, 1.165) is 36.4 Å². The highest BCUT2D eigenvalue weighted by molar-refractivity contribution is 6.30. The summed E-state index contributed by atoms with van der Waals surface area (Å²) < 4.78 is 0.572. The van der Waals surface area contributed by atoms with Gasteiger partial charge in [-0.3, -0.25) is 14.7 Å². The molecule has 2 aliphatic rings. The number of nitrogens with zero attached hydrogens (tertiary/aromatic N) is 4. The van der Waals surface area contributed by atoms with Crippen LogP contribution in [-0.2, 0) is 19.4 Å². The predicted octanol–water partition coefficient (Wildman–Crippen LogP) is 4.58. The molecule has 0 atom stereocenters. The lowest BCUT2D eigenvalue weighted by atomic mass is 9.88. The average molecular weight is 529 g/mol. The Hall–Kier alpha value is -4.01. The first-order valence-corrected chi connectivity index (χ1v) is 12.9. The fourth-order valence-electron chi connectivity index (χ4n) is 5.52. The molecule has 2 aromatic carbocycles. The van der Waals surface area contributed by atoms with Crippen molar-refractivity contribution in [1.29, 1.82) is 0 Å². The first kappa shape index (κ1) is 24.3. The molecule has 0 saturated carbocycles. The van der Waals surface area contributed by atoms with Crippen molar-refractivity contribution in [2.24, 2.45) is 0 Å². The molecular formula is C29H25ClN4O4. The molecule has 1 saturated heterocycles. The number of halogens is 1. The third kappa shape index (κ3) is 4.36. The number of pyridine rings is 1. The molecular weight excluding hydrogens is 504 g/mol. The van der Waals surface area contributed by atoms with E-state index in [-0.39, 0.29) is 28.8 Å². The Balaban J connectivity index is 1.31. The van der Waals surface area contributed by atoms with Crippen LogP contribution in [0.3, 0.4) is 0 Å². The summed E-state index contributed by atoms with van der Waals surface area (Å²) in [5, 5.41) is 20.7. The van der Waals surface area contributed by atoms with Gasteiger partial charge in [0.1, 0.15) is 0 Å². The summed E-state index contributed by atoms with van der Waals surface area (Å²) >= 11 is 6.34. The molecule has 0 spiro atoms. The third-order valence-corrected chi connectivity index (χ3v) is 7.70. The van der Waals surface area contributed by atoms with E-state index < -0.39 is 11.5 Å². The normalized spacial score (nSPS) is 15.7. The maximum absolute atomic E-state index is 12.7. The van der Waals surface area contributed by atoms with Crippen molar-refractivity contribution >= 4 is 34.0 Å². The maximum atomic E-state index is 12.7. The maximum Gasteiger partial charge on any atom is 0.335 e. The van der Waals surface area contributed by atoms with Gasteiger partial charge in [0.05, 0.1) is 28.7 Å². The number of benzene rings is 2. The molecule has 4 aromatic rings. The molecule has 0 amide bonds. The van der Waals surface area contributed by atoms with Gasteiger partial charge in [-0.2, -0.15) is 0 Å². The smallest absolute Gasteiger partial charge is 0.335 e. The van der Waals surface area contributed by atoms with Crippen LogP contribution in [-0.4, -0.2) is 49.0 Å². The number of fused-ring (bicyclic) bond motifs is 3. The predicted molar refractivity (Wildman–Crippen MR) is 144 cm³/mol. The SMILES string of the molecule is O=C(O)c1ccc2c(=O)n(O)c(CN3CCC(=C4c5ccc(Cl)cc5CCc5cccnc54)CC3)nc2c1. The van der Waals surface area contributed by atoms with Crippen molar-refractivity contribution < 1.29 is 15.1 Å². The molecule has 38 heavy (non-hydrogen) atoms. The lowest BCUT2D eigenvalue weighted by Crippen LogP contribution is -2.34. The fraction of sp³-hybridized carbons (Fsp3) is 0.241. The van der Waals surface area contributed by atoms with Crippen LogP contribution in [0.25, 0.3) is 16.5 Å². The van der Waals surface area contributed by atoms with E-state index >= 15 is 0 Å².